The van der Waals surface area contributed by atoms with Gasteiger partial charge in [-0.15, -0.1) is 0 Å². The van der Waals surface area contributed by atoms with Gasteiger partial charge in [0.25, 0.3) is 5.91 Å². The summed E-state index contributed by atoms with van der Waals surface area (Å²) < 4.78 is 30.8. The Hall–Kier alpha value is -2.87. The number of rotatable bonds is 4. The summed E-state index contributed by atoms with van der Waals surface area (Å²) in [7, 11) is -3.09. The van der Waals surface area contributed by atoms with Crippen molar-refractivity contribution in [1.82, 2.24) is 9.78 Å². The molecule has 0 bridgehead atoms. The maximum Gasteiger partial charge on any atom is 0.276 e. The molecule has 1 unspecified atom stereocenters. The van der Waals surface area contributed by atoms with E-state index in [9.17, 15) is 13.2 Å². The van der Waals surface area contributed by atoms with Crippen molar-refractivity contribution >= 4 is 21.4 Å². The average Bonchev–Trinajstić information content (AvgIpc) is 3.32. The summed E-state index contributed by atoms with van der Waals surface area (Å²) in [6, 6.07) is 12.3. The van der Waals surface area contributed by atoms with Crippen LogP contribution in [0.2, 0.25) is 0 Å². The standard InChI is InChI=1S/C19H19N3O4S/c1-13-4-2-5-14(10-13)20-19(23)16-11-17(18-6-3-8-26-18)22(21-16)15-7-9-27(24,25)12-15/h2-6,8,10-11,15H,7,9,12H2,1H3,(H,20,23). The molecular formula is C19H19N3O4S. The van der Waals surface area contributed by atoms with Gasteiger partial charge in [0, 0.05) is 11.8 Å². The van der Waals surface area contributed by atoms with Gasteiger partial charge in [0.2, 0.25) is 0 Å². The lowest BCUT2D eigenvalue weighted by Crippen LogP contribution is -2.16. The van der Waals surface area contributed by atoms with E-state index < -0.39 is 9.84 Å². The molecule has 0 radical (unpaired) electrons. The minimum Gasteiger partial charge on any atom is -0.463 e. The molecule has 8 heteroatoms. The summed E-state index contributed by atoms with van der Waals surface area (Å²) in [4.78, 5) is 12.7. The number of benzene rings is 1. The van der Waals surface area contributed by atoms with Crippen molar-refractivity contribution in [2.45, 2.75) is 19.4 Å². The summed E-state index contributed by atoms with van der Waals surface area (Å²) in [6.45, 7) is 1.94. The summed E-state index contributed by atoms with van der Waals surface area (Å²) in [5.74, 6) is 0.329. The SMILES string of the molecule is Cc1cccc(NC(=O)c2cc(-c3ccco3)n(C3CCS(=O)(=O)C3)n2)c1. The Balaban J connectivity index is 1.68. The smallest absolute Gasteiger partial charge is 0.276 e. The summed E-state index contributed by atoms with van der Waals surface area (Å²) >= 11 is 0. The van der Waals surface area contributed by atoms with Crippen molar-refractivity contribution in [2.24, 2.45) is 0 Å². The summed E-state index contributed by atoms with van der Waals surface area (Å²) in [6.07, 6.45) is 2.00. The third-order valence-electron chi connectivity index (χ3n) is 4.57. The number of furan rings is 1. The van der Waals surface area contributed by atoms with E-state index in [0.29, 0.717) is 23.6 Å². The normalized spacial score (nSPS) is 18.5. The van der Waals surface area contributed by atoms with Crippen LogP contribution in [-0.4, -0.2) is 35.6 Å². The molecule has 1 fully saturated rings. The zero-order valence-corrected chi connectivity index (χ0v) is 15.6. The van der Waals surface area contributed by atoms with Gasteiger partial charge >= 0.3 is 0 Å². The number of carbonyl (C=O) groups excluding carboxylic acids is 1. The lowest BCUT2D eigenvalue weighted by Gasteiger charge is -2.11. The van der Waals surface area contributed by atoms with Gasteiger partial charge in [-0.25, -0.2) is 8.42 Å². The zero-order valence-electron chi connectivity index (χ0n) is 14.8. The van der Waals surface area contributed by atoms with Gasteiger partial charge in [0.1, 0.15) is 5.69 Å². The maximum atomic E-state index is 12.7. The van der Waals surface area contributed by atoms with Crippen LogP contribution in [-0.2, 0) is 9.84 Å². The largest absolute Gasteiger partial charge is 0.463 e. The van der Waals surface area contributed by atoms with E-state index in [2.05, 4.69) is 10.4 Å². The van der Waals surface area contributed by atoms with Crippen molar-refractivity contribution in [2.75, 3.05) is 16.8 Å². The molecule has 1 aromatic carbocycles. The van der Waals surface area contributed by atoms with Gasteiger partial charge in [-0.05, 0) is 43.2 Å². The first-order chi connectivity index (χ1) is 12.9. The Labute approximate surface area is 156 Å². The lowest BCUT2D eigenvalue weighted by atomic mass is 10.2. The molecule has 1 N–H and O–H groups in total. The van der Waals surface area contributed by atoms with Crippen LogP contribution in [0.3, 0.4) is 0 Å². The summed E-state index contributed by atoms with van der Waals surface area (Å²) in [5, 5.41) is 7.24. The predicted molar refractivity (Wildman–Crippen MR) is 101 cm³/mol. The van der Waals surface area contributed by atoms with Crippen LogP contribution in [0, 0.1) is 6.92 Å². The van der Waals surface area contributed by atoms with Crippen LogP contribution in [0.15, 0.2) is 53.1 Å². The van der Waals surface area contributed by atoms with Crippen molar-refractivity contribution in [3.8, 4) is 11.5 Å². The Kier molecular flexibility index (Phi) is 4.35. The Bertz CT molecular complexity index is 1080. The number of amides is 1. The number of nitrogens with zero attached hydrogens (tertiary/aromatic N) is 2. The van der Waals surface area contributed by atoms with Crippen LogP contribution >= 0.6 is 0 Å². The molecule has 27 heavy (non-hydrogen) atoms. The number of aryl methyl sites for hydroxylation is 1. The number of anilines is 1. The van der Waals surface area contributed by atoms with Crippen molar-refractivity contribution < 1.29 is 17.6 Å². The molecule has 3 aromatic rings. The van der Waals surface area contributed by atoms with Gasteiger partial charge in [0.15, 0.2) is 21.3 Å². The highest BCUT2D eigenvalue weighted by molar-refractivity contribution is 7.91. The highest BCUT2D eigenvalue weighted by atomic mass is 32.2. The first-order valence-corrected chi connectivity index (χ1v) is 10.5. The number of nitrogens with one attached hydrogen (secondary N) is 1. The molecule has 1 aliphatic heterocycles. The Morgan fingerprint density at radius 1 is 1.26 bits per heavy atom. The third-order valence-corrected chi connectivity index (χ3v) is 6.32. The van der Waals surface area contributed by atoms with Gasteiger partial charge in [0.05, 0.1) is 23.8 Å². The van der Waals surface area contributed by atoms with E-state index in [-0.39, 0.29) is 29.1 Å². The molecule has 1 aliphatic rings. The van der Waals surface area contributed by atoms with Gasteiger partial charge in [-0.2, -0.15) is 5.10 Å². The van der Waals surface area contributed by atoms with E-state index in [0.717, 1.165) is 5.56 Å². The fourth-order valence-corrected chi connectivity index (χ4v) is 4.97. The highest BCUT2D eigenvalue weighted by Crippen LogP contribution is 2.30. The van der Waals surface area contributed by atoms with Gasteiger partial charge < -0.3 is 9.73 Å². The van der Waals surface area contributed by atoms with Crippen molar-refractivity contribution in [3.63, 3.8) is 0 Å². The van der Waals surface area contributed by atoms with E-state index in [1.165, 1.54) is 6.26 Å². The number of carbonyl (C=O) groups is 1. The predicted octanol–water partition coefficient (Wildman–Crippen LogP) is 3.06. The molecule has 1 saturated heterocycles. The first-order valence-electron chi connectivity index (χ1n) is 8.63. The van der Waals surface area contributed by atoms with Crippen LogP contribution in [0.4, 0.5) is 5.69 Å². The fraction of sp³-hybridized carbons (Fsp3) is 0.263. The molecule has 0 saturated carbocycles. The van der Waals surface area contributed by atoms with Crippen LogP contribution < -0.4 is 5.32 Å². The monoisotopic (exact) mass is 385 g/mol. The van der Waals surface area contributed by atoms with Crippen molar-refractivity contribution in [3.05, 3.63) is 60.0 Å². The Morgan fingerprint density at radius 3 is 2.78 bits per heavy atom. The lowest BCUT2D eigenvalue weighted by molar-refractivity contribution is 0.102. The van der Waals surface area contributed by atoms with E-state index in [4.69, 9.17) is 4.42 Å². The molecular weight excluding hydrogens is 366 g/mol. The second-order valence-electron chi connectivity index (χ2n) is 6.72. The molecule has 1 amide bonds. The number of hydrogen-bond acceptors (Lipinski definition) is 5. The minimum atomic E-state index is -3.09. The second-order valence-corrected chi connectivity index (χ2v) is 8.95. The van der Waals surface area contributed by atoms with Crippen molar-refractivity contribution in [1.29, 1.82) is 0 Å². The van der Waals surface area contributed by atoms with Crippen LogP contribution in [0.25, 0.3) is 11.5 Å². The average molecular weight is 385 g/mol. The van der Waals surface area contributed by atoms with Gasteiger partial charge in [-0.1, -0.05) is 12.1 Å². The fourth-order valence-electron chi connectivity index (χ4n) is 3.28. The maximum absolute atomic E-state index is 12.7. The molecule has 0 spiro atoms. The molecule has 4 rings (SSSR count). The molecule has 3 heterocycles. The third kappa shape index (κ3) is 3.66. The molecule has 140 valence electrons. The van der Waals surface area contributed by atoms with Crippen LogP contribution in [0.1, 0.15) is 28.5 Å². The number of aromatic nitrogens is 2. The quantitative estimate of drug-likeness (QED) is 0.745. The molecule has 2 aromatic heterocycles. The molecule has 7 nitrogen and oxygen atoms in total. The molecule has 1 atom stereocenters. The Morgan fingerprint density at radius 2 is 2.11 bits per heavy atom. The zero-order chi connectivity index (χ0) is 19.0. The van der Waals surface area contributed by atoms with Gasteiger partial charge in [-0.3, -0.25) is 9.48 Å². The summed E-state index contributed by atoms with van der Waals surface area (Å²) in [5.41, 5.74) is 2.52. The van der Waals surface area contributed by atoms with E-state index in [1.54, 1.807) is 28.9 Å². The number of hydrogen-bond donors (Lipinski definition) is 1. The van der Waals surface area contributed by atoms with E-state index >= 15 is 0 Å². The van der Waals surface area contributed by atoms with Crippen LogP contribution in [0.5, 0.6) is 0 Å². The topological polar surface area (TPSA) is 94.2 Å². The minimum absolute atomic E-state index is 0.0152. The van der Waals surface area contributed by atoms with E-state index in [1.807, 2.05) is 25.1 Å². The first kappa shape index (κ1) is 17.5. The highest BCUT2D eigenvalue weighted by Gasteiger charge is 2.32. The number of sulfone groups is 1. The second kappa shape index (κ2) is 6.70. The molecule has 0 aliphatic carbocycles.